The number of nitrogens with zero attached hydrogens (tertiary/aromatic N) is 6. The second-order valence-electron chi connectivity index (χ2n) is 9.23. The fourth-order valence-electron chi connectivity index (χ4n) is 4.22. The molecule has 5 aromatic rings. The molecule has 0 atom stereocenters. The van der Waals surface area contributed by atoms with E-state index in [2.05, 4.69) is 25.4 Å². The highest BCUT2D eigenvalue weighted by atomic mass is 19.3. The van der Waals surface area contributed by atoms with Crippen molar-refractivity contribution in [2.45, 2.75) is 32.9 Å². The van der Waals surface area contributed by atoms with Crippen LogP contribution < -0.4 is 16.5 Å². The zero-order valence-corrected chi connectivity index (χ0v) is 21.3. The van der Waals surface area contributed by atoms with Crippen LogP contribution in [0.4, 0.5) is 24.7 Å². The van der Waals surface area contributed by atoms with E-state index in [1.807, 2.05) is 13.8 Å². The quantitative estimate of drug-likeness (QED) is 0.305. The van der Waals surface area contributed by atoms with Crippen LogP contribution in [0.5, 0.6) is 0 Å². The van der Waals surface area contributed by atoms with Gasteiger partial charge >= 0.3 is 0 Å². The third-order valence-corrected chi connectivity index (χ3v) is 6.16. The lowest BCUT2D eigenvalue weighted by atomic mass is 10.1. The van der Waals surface area contributed by atoms with Crippen LogP contribution in [0, 0.1) is 5.82 Å². The summed E-state index contributed by atoms with van der Waals surface area (Å²) in [6.45, 7) is 3.10. The topological polar surface area (TPSA) is 134 Å². The maximum absolute atomic E-state index is 13.4. The summed E-state index contributed by atoms with van der Waals surface area (Å²) in [7, 11) is 0. The highest BCUT2D eigenvalue weighted by Crippen LogP contribution is 2.33. The number of fused-ring (bicyclic) bond motifs is 1. The first-order valence-corrected chi connectivity index (χ1v) is 12.2. The van der Waals surface area contributed by atoms with Gasteiger partial charge in [0, 0.05) is 29.7 Å². The molecule has 0 bridgehead atoms. The van der Waals surface area contributed by atoms with E-state index in [1.165, 1.54) is 40.1 Å². The summed E-state index contributed by atoms with van der Waals surface area (Å²) in [4.78, 5) is 38.4. The third kappa shape index (κ3) is 5.13. The number of hydrogen-bond acceptors (Lipinski definition) is 7. The molecule has 0 saturated heterocycles. The summed E-state index contributed by atoms with van der Waals surface area (Å²) in [6, 6.07) is 8.87. The number of carbonyl (C=O) groups is 1. The molecule has 13 heteroatoms. The van der Waals surface area contributed by atoms with Crippen LogP contribution >= 0.6 is 0 Å². The summed E-state index contributed by atoms with van der Waals surface area (Å²) in [5.41, 5.74) is 7.14. The molecule has 40 heavy (non-hydrogen) atoms. The van der Waals surface area contributed by atoms with E-state index in [9.17, 15) is 22.8 Å². The van der Waals surface area contributed by atoms with Crippen LogP contribution in [0.25, 0.3) is 33.4 Å². The van der Waals surface area contributed by atoms with Crippen molar-refractivity contribution >= 4 is 28.4 Å². The van der Waals surface area contributed by atoms with Gasteiger partial charge in [0.15, 0.2) is 5.69 Å². The van der Waals surface area contributed by atoms with E-state index in [4.69, 9.17) is 5.73 Å². The Morgan fingerprint density at radius 2 is 1.77 bits per heavy atom. The number of hydrogen-bond donors (Lipinski definition) is 2. The average Bonchev–Trinajstić information content (AvgIpc) is 3.28. The molecule has 10 nitrogen and oxygen atoms in total. The smallest absolute Gasteiger partial charge is 0.280 e. The number of rotatable bonds is 7. The molecule has 204 valence electrons. The minimum absolute atomic E-state index is 0.101. The summed E-state index contributed by atoms with van der Waals surface area (Å²) < 4.78 is 42.4. The van der Waals surface area contributed by atoms with E-state index in [1.54, 1.807) is 24.3 Å². The van der Waals surface area contributed by atoms with Gasteiger partial charge in [-0.05, 0) is 43.7 Å². The number of anilines is 2. The lowest BCUT2D eigenvalue weighted by Crippen LogP contribution is -2.28. The minimum Gasteiger partial charge on any atom is -0.383 e. The normalized spacial score (nSPS) is 11.5. The first-order valence-electron chi connectivity index (χ1n) is 12.2. The zero-order chi connectivity index (χ0) is 28.6. The molecule has 3 N–H and O–H groups in total. The third-order valence-electron chi connectivity index (χ3n) is 6.16. The monoisotopic (exact) mass is 548 g/mol. The molecule has 0 saturated carbocycles. The van der Waals surface area contributed by atoms with Crippen molar-refractivity contribution in [3.63, 3.8) is 0 Å². The fourth-order valence-corrected chi connectivity index (χ4v) is 4.22. The highest BCUT2D eigenvalue weighted by Gasteiger charge is 2.21. The van der Waals surface area contributed by atoms with Gasteiger partial charge in [-0.1, -0.05) is 12.1 Å². The van der Waals surface area contributed by atoms with Gasteiger partial charge in [0.05, 0.1) is 29.4 Å². The zero-order valence-electron chi connectivity index (χ0n) is 21.3. The second-order valence-corrected chi connectivity index (χ2v) is 9.23. The summed E-state index contributed by atoms with van der Waals surface area (Å²) in [6.07, 6.45) is 2.61. The van der Waals surface area contributed by atoms with Crippen molar-refractivity contribution in [3.8, 4) is 22.4 Å². The van der Waals surface area contributed by atoms with Crippen LogP contribution in [-0.4, -0.2) is 41.6 Å². The molecule has 0 radical (unpaired) electrons. The SMILES string of the molecule is CC(C)n1cc(-c2ccc(F)cn2)c(=O)c(C(=O)Nc2ccc(-c3cn(CC(F)F)c4ncnc(N)c34)cc2)n1. The summed E-state index contributed by atoms with van der Waals surface area (Å²) in [5, 5.41) is 7.30. The maximum Gasteiger partial charge on any atom is 0.280 e. The fraction of sp³-hybridized carbons (Fsp3) is 0.185. The number of nitrogens with one attached hydrogen (secondary N) is 1. The number of nitrogen functional groups attached to an aromatic ring is 1. The Kier molecular flexibility index (Phi) is 7.03. The molecule has 0 spiro atoms. The molecule has 0 unspecified atom stereocenters. The molecule has 1 amide bonds. The van der Waals surface area contributed by atoms with Crippen molar-refractivity contribution in [3.05, 3.63) is 83.1 Å². The Morgan fingerprint density at radius 1 is 1.02 bits per heavy atom. The van der Waals surface area contributed by atoms with Crippen LogP contribution in [0.2, 0.25) is 0 Å². The van der Waals surface area contributed by atoms with Gasteiger partial charge in [0.2, 0.25) is 5.43 Å². The first kappa shape index (κ1) is 26.5. The van der Waals surface area contributed by atoms with Gasteiger partial charge in [-0.3, -0.25) is 19.3 Å². The molecular weight excluding hydrogens is 525 g/mol. The van der Waals surface area contributed by atoms with E-state index < -0.39 is 30.1 Å². The molecule has 1 aromatic carbocycles. The Bertz CT molecular complexity index is 1760. The standard InChI is InChI=1S/C27H23F3N8O2/c1-14(2)38-11-19(20-8-5-16(28)9-32-20)24(39)23(36-38)27(40)35-17-6-3-15(4-7-17)18-10-37(12-21(29)30)26-22(18)25(31)33-13-34-26/h3-11,13-14,21H,12H2,1-2H3,(H,35,40)(H2,31,33,34). The van der Waals surface area contributed by atoms with E-state index in [0.29, 0.717) is 22.2 Å². The Morgan fingerprint density at radius 3 is 2.42 bits per heavy atom. The molecule has 4 aromatic heterocycles. The highest BCUT2D eigenvalue weighted by molar-refractivity contribution is 6.04. The average molecular weight is 549 g/mol. The number of carbonyl (C=O) groups excluding carboxylic acids is 1. The van der Waals surface area contributed by atoms with Crippen LogP contribution in [0.15, 0.2) is 66.1 Å². The lowest BCUT2D eigenvalue weighted by molar-refractivity contribution is 0.101. The first-order chi connectivity index (χ1) is 19.1. The number of aromatic nitrogens is 6. The van der Waals surface area contributed by atoms with Crippen molar-refractivity contribution in [2.24, 2.45) is 0 Å². The van der Waals surface area contributed by atoms with Gasteiger partial charge in [-0.25, -0.2) is 23.1 Å². The number of benzene rings is 1. The molecule has 0 fully saturated rings. The number of halogens is 3. The Hall–Kier alpha value is -5.07. The summed E-state index contributed by atoms with van der Waals surface area (Å²) >= 11 is 0. The van der Waals surface area contributed by atoms with Crippen LogP contribution in [0.3, 0.4) is 0 Å². The number of amides is 1. The lowest BCUT2D eigenvalue weighted by Gasteiger charge is -2.13. The molecular formula is C27H23F3N8O2. The molecule has 5 rings (SSSR count). The summed E-state index contributed by atoms with van der Waals surface area (Å²) in [5.74, 6) is -1.16. The Balaban J connectivity index is 1.47. The number of alkyl halides is 2. The predicted molar refractivity (Wildman–Crippen MR) is 143 cm³/mol. The van der Waals surface area contributed by atoms with Gasteiger partial charge < -0.3 is 15.6 Å². The second kappa shape index (κ2) is 10.6. The van der Waals surface area contributed by atoms with Crippen molar-refractivity contribution < 1.29 is 18.0 Å². The molecule has 0 aliphatic rings. The van der Waals surface area contributed by atoms with Crippen LogP contribution in [-0.2, 0) is 6.54 Å². The minimum atomic E-state index is -2.59. The van der Waals surface area contributed by atoms with E-state index >= 15 is 0 Å². The van der Waals surface area contributed by atoms with Gasteiger partial charge in [0.1, 0.15) is 23.6 Å². The van der Waals surface area contributed by atoms with E-state index in [0.717, 1.165) is 6.20 Å². The predicted octanol–water partition coefficient (Wildman–Crippen LogP) is 4.54. The number of pyridine rings is 1. The molecule has 0 aliphatic carbocycles. The molecule has 4 heterocycles. The maximum atomic E-state index is 13.4. The Labute approximate surface area is 225 Å². The largest absolute Gasteiger partial charge is 0.383 e. The van der Waals surface area contributed by atoms with Gasteiger partial charge in [-0.2, -0.15) is 5.10 Å². The van der Waals surface area contributed by atoms with Crippen molar-refractivity contribution in [1.29, 1.82) is 0 Å². The molecule has 0 aliphatic heterocycles. The van der Waals surface area contributed by atoms with Crippen molar-refractivity contribution in [2.75, 3.05) is 11.1 Å². The van der Waals surface area contributed by atoms with Crippen molar-refractivity contribution in [1.82, 2.24) is 29.3 Å². The van der Waals surface area contributed by atoms with Gasteiger partial charge in [-0.15, -0.1) is 0 Å². The van der Waals surface area contributed by atoms with Crippen LogP contribution in [0.1, 0.15) is 30.4 Å². The van der Waals surface area contributed by atoms with E-state index in [-0.39, 0.29) is 34.5 Å². The van der Waals surface area contributed by atoms with Gasteiger partial charge in [0.25, 0.3) is 12.3 Å². The number of nitrogens with two attached hydrogens (primary N) is 1.